The quantitative estimate of drug-likeness (QED) is 0.294. The Morgan fingerprint density at radius 2 is 1.97 bits per heavy atom. The first-order valence-corrected chi connectivity index (χ1v) is 13.1. The number of hydrogen-bond acceptors (Lipinski definition) is 5. The number of carbonyl (C=O) groups excluding carboxylic acids is 2. The summed E-state index contributed by atoms with van der Waals surface area (Å²) in [5.41, 5.74) is 5.52. The van der Waals surface area contributed by atoms with Crippen LogP contribution in [0.1, 0.15) is 40.0 Å². The Kier molecular flexibility index (Phi) is 7.74. The van der Waals surface area contributed by atoms with E-state index in [4.69, 9.17) is 4.74 Å². The van der Waals surface area contributed by atoms with Crippen LogP contribution in [0.3, 0.4) is 0 Å². The van der Waals surface area contributed by atoms with Crippen molar-refractivity contribution in [3.63, 3.8) is 0 Å². The van der Waals surface area contributed by atoms with Crippen molar-refractivity contribution in [2.24, 2.45) is 0 Å². The van der Waals surface area contributed by atoms with Gasteiger partial charge in [0, 0.05) is 41.3 Å². The molecule has 8 heteroatoms. The minimum Gasteiger partial charge on any atom is -0.494 e. The number of hydrogen-bond donors (Lipinski definition) is 2. The third-order valence-electron chi connectivity index (χ3n) is 6.63. The van der Waals surface area contributed by atoms with E-state index in [-0.39, 0.29) is 18.1 Å². The number of carbonyl (C=O) groups is 2. The van der Waals surface area contributed by atoms with Crippen LogP contribution in [-0.2, 0) is 11.3 Å². The monoisotopic (exact) mass is 523 g/mol. The smallest absolute Gasteiger partial charge is 0.258 e. The summed E-state index contributed by atoms with van der Waals surface area (Å²) >= 11 is 0. The number of ketones is 1. The molecule has 2 aromatic carbocycles. The average molecular weight is 524 g/mol. The second-order valence-electron chi connectivity index (χ2n) is 10.1. The Morgan fingerprint density at radius 3 is 2.77 bits per heavy atom. The molecule has 1 aliphatic carbocycles. The number of nitrogens with one attached hydrogen (secondary N) is 2. The number of amides is 1. The highest BCUT2D eigenvalue weighted by Gasteiger charge is 2.20. The molecule has 39 heavy (non-hydrogen) atoms. The zero-order chi connectivity index (χ0) is 27.4. The van der Waals surface area contributed by atoms with Crippen LogP contribution >= 0.6 is 0 Å². The number of allylic oxidation sites excluding steroid dienone is 3. The highest BCUT2D eigenvalue weighted by Crippen LogP contribution is 2.28. The number of aromatic amines is 1. The van der Waals surface area contributed by atoms with Gasteiger partial charge in [0.05, 0.1) is 30.6 Å². The number of benzene rings is 2. The molecule has 0 saturated carbocycles. The largest absolute Gasteiger partial charge is 0.494 e. The van der Waals surface area contributed by atoms with E-state index in [2.05, 4.69) is 44.6 Å². The van der Waals surface area contributed by atoms with E-state index in [1.54, 1.807) is 29.2 Å². The second kappa shape index (κ2) is 11.5. The van der Waals surface area contributed by atoms with E-state index in [0.29, 0.717) is 35.7 Å². The summed E-state index contributed by atoms with van der Waals surface area (Å²) in [7, 11) is 4.09. The predicted molar refractivity (Wildman–Crippen MR) is 153 cm³/mol. The summed E-state index contributed by atoms with van der Waals surface area (Å²) in [5, 5.41) is 8.22. The van der Waals surface area contributed by atoms with Crippen molar-refractivity contribution < 1.29 is 14.3 Å². The number of Topliss-reactive ketones (excluding diaryl/α,β-unsaturated/α-hetero) is 1. The molecule has 4 aromatic rings. The molecule has 0 saturated heterocycles. The van der Waals surface area contributed by atoms with Crippen LogP contribution in [0, 0.1) is 6.92 Å². The molecular formula is C31H33N5O3. The van der Waals surface area contributed by atoms with Crippen molar-refractivity contribution in [3.8, 4) is 5.75 Å². The molecule has 2 aromatic heterocycles. The van der Waals surface area contributed by atoms with Crippen LogP contribution in [0.15, 0.2) is 78.8 Å². The summed E-state index contributed by atoms with van der Waals surface area (Å²) in [4.78, 5) is 31.2. The number of ether oxygens (including phenoxy) is 1. The fourth-order valence-electron chi connectivity index (χ4n) is 4.49. The fourth-order valence-corrected chi connectivity index (χ4v) is 4.49. The van der Waals surface area contributed by atoms with Gasteiger partial charge in [-0.15, -0.1) is 0 Å². The maximum Gasteiger partial charge on any atom is 0.258 e. The maximum atomic E-state index is 12.9. The molecule has 0 aliphatic heterocycles. The summed E-state index contributed by atoms with van der Waals surface area (Å²) in [6, 6.07) is 16.0. The van der Waals surface area contributed by atoms with Crippen molar-refractivity contribution in [1.82, 2.24) is 25.0 Å². The first kappa shape index (κ1) is 26.2. The van der Waals surface area contributed by atoms with Gasteiger partial charge < -0.3 is 19.9 Å². The minimum atomic E-state index is -0.269. The number of fused-ring (bicyclic) bond motifs is 1. The number of aryl methyl sites for hydroxylation is 1. The Morgan fingerprint density at radius 1 is 1.15 bits per heavy atom. The molecule has 0 fully saturated rings. The van der Waals surface area contributed by atoms with E-state index in [9.17, 15) is 9.59 Å². The van der Waals surface area contributed by atoms with Gasteiger partial charge in [-0.1, -0.05) is 35.9 Å². The molecule has 0 bridgehead atoms. The summed E-state index contributed by atoms with van der Waals surface area (Å²) in [6.45, 7) is 4.24. The van der Waals surface area contributed by atoms with Crippen LogP contribution in [0.4, 0.5) is 0 Å². The summed E-state index contributed by atoms with van der Waals surface area (Å²) < 4.78 is 7.64. The standard InChI is InChI=1S/C31H33N5O3/c1-21-5-7-22(8-6-21)19-36-20-24(18-32-36)31(38)33-25-9-12-30(37)27(17-25)29-16-23-15-26(10-11-28(23)34-29)39-14-4-13-35(2)3/h5-11,15-18,20,34H,4,12-14,19H2,1-3H3,(H,33,38). The van der Waals surface area contributed by atoms with Crippen molar-refractivity contribution in [2.75, 3.05) is 27.2 Å². The molecule has 0 unspecified atom stereocenters. The molecule has 2 N–H and O–H groups in total. The molecule has 1 amide bonds. The van der Waals surface area contributed by atoms with E-state index in [1.165, 1.54) is 5.56 Å². The predicted octanol–water partition coefficient (Wildman–Crippen LogP) is 4.72. The Labute approximate surface area is 228 Å². The highest BCUT2D eigenvalue weighted by atomic mass is 16.5. The number of H-pyrrole nitrogens is 1. The average Bonchev–Trinajstić information content (AvgIpc) is 3.56. The third kappa shape index (κ3) is 6.53. The van der Waals surface area contributed by atoms with Gasteiger partial charge >= 0.3 is 0 Å². The van der Waals surface area contributed by atoms with Crippen molar-refractivity contribution in [3.05, 3.63) is 101 Å². The molecule has 200 valence electrons. The van der Waals surface area contributed by atoms with Gasteiger partial charge in [0.25, 0.3) is 5.91 Å². The first-order chi connectivity index (χ1) is 18.8. The molecule has 0 radical (unpaired) electrons. The van der Waals surface area contributed by atoms with Crippen molar-refractivity contribution in [1.29, 1.82) is 0 Å². The molecule has 8 nitrogen and oxygen atoms in total. The van der Waals surface area contributed by atoms with Gasteiger partial charge in [-0.2, -0.15) is 5.10 Å². The van der Waals surface area contributed by atoms with Crippen molar-refractivity contribution in [2.45, 2.75) is 26.3 Å². The van der Waals surface area contributed by atoms with Crippen LogP contribution in [0.5, 0.6) is 5.75 Å². The lowest BCUT2D eigenvalue weighted by Gasteiger charge is -2.13. The molecule has 1 aliphatic rings. The molecule has 0 spiro atoms. The lowest BCUT2D eigenvalue weighted by atomic mass is 9.98. The van der Waals surface area contributed by atoms with Crippen LogP contribution in [-0.4, -0.2) is 58.6 Å². The highest BCUT2D eigenvalue weighted by molar-refractivity contribution is 6.23. The van der Waals surface area contributed by atoms with Crippen LogP contribution < -0.4 is 10.1 Å². The van der Waals surface area contributed by atoms with E-state index in [1.807, 2.05) is 45.3 Å². The maximum absolute atomic E-state index is 12.9. The molecule has 2 heterocycles. The summed E-state index contributed by atoms with van der Waals surface area (Å²) in [6.07, 6.45) is 7.91. The van der Waals surface area contributed by atoms with Gasteiger partial charge in [0.1, 0.15) is 5.75 Å². The Hall–Kier alpha value is -4.43. The second-order valence-corrected chi connectivity index (χ2v) is 10.1. The van der Waals surface area contributed by atoms with Gasteiger partial charge in [-0.05, 0) is 63.3 Å². The third-order valence-corrected chi connectivity index (χ3v) is 6.63. The van der Waals surface area contributed by atoms with E-state index < -0.39 is 0 Å². The Balaban J connectivity index is 1.25. The van der Waals surface area contributed by atoms with Crippen LogP contribution in [0.25, 0.3) is 16.5 Å². The van der Waals surface area contributed by atoms with Gasteiger partial charge in [-0.25, -0.2) is 0 Å². The summed E-state index contributed by atoms with van der Waals surface area (Å²) in [5.74, 6) is 0.520. The molecular weight excluding hydrogens is 490 g/mol. The number of aromatic nitrogens is 3. The lowest BCUT2D eigenvalue weighted by Crippen LogP contribution is -2.23. The van der Waals surface area contributed by atoms with Crippen LogP contribution in [0.2, 0.25) is 0 Å². The van der Waals surface area contributed by atoms with Gasteiger partial charge in [0.15, 0.2) is 5.78 Å². The van der Waals surface area contributed by atoms with Crippen molar-refractivity contribution >= 4 is 28.2 Å². The number of nitrogens with zero attached hydrogens (tertiary/aromatic N) is 3. The molecule has 5 rings (SSSR count). The molecule has 0 atom stereocenters. The lowest BCUT2D eigenvalue weighted by molar-refractivity contribution is -0.113. The van der Waals surface area contributed by atoms with E-state index >= 15 is 0 Å². The van der Waals surface area contributed by atoms with Gasteiger partial charge in [-0.3, -0.25) is 14.3 Å². The van der Waals surface area contributed by atoms with Gasteiger partial charge in [0.2, 0.25) is 0 Å². The SMILES string of the molecule is Cc1ccc(Cn2cc(C(=O)NC3=CCC(=O)C(c4cc5cc(OCCCN(C)C)ccc5[nH]4)=C3)cn2)cc1. The first-order valence-electron chi connectivity index (χ1n) is 13.1. The zero-order valence-electron chi connectivity index (χ0n) is 22.5. The number of rotatable bonds is 10. The zero-order valence-corrected chi connectivity index (χ0v) is 22.5. The normalized spacial score (nSPS) is 13.5. The van der Waals surface area contributed by atoms with E-state index in [0.717, 1.165) is 35.2 Å². The fraction of sp³-hybridized carbons (Fsp3) is 0.258. The minimum absolute atomic E-state index is 0.00867. The Bertz CT molecular complexity index is 1560. The topological polar surface area (TPSA) is 92.2 Å².